The molecule has 2 aromatic carbocycles. The van der Waals surface area contributed by atoms with E-state index < -0.39 is 6.23 Å². The van der Waals surface area contributed by atoms with E-state index in [1.54, 1.807) is 24.2 Å². The molecule has 0 bridgehead atoms. The molecule has 5 rings (SSSR count). The van der Waals surface area contributed by atoms with Gasteiger partial charge in [0.1, 0.15) is 19.0 Å². The van der Waals surface area contributed by atoms with Gasteiger partial charge in [-0.3, -0.25) is 0 Å². The van der Waals surface area contributed by atoms with Crippen LogP contribution in [0.5, 0.6) is 17.2 Å². The van der Waals surface area contributed by atoms with Gasteiger partial charge < -0.3 is 33.7 Å². The molecular weight excluding hydrogens is 478 g/mol. The van der Waals surface area contributed by atoms with Crippen LogP contribution in [-0.4, -0.2) is 79.3 Å². The second-order valence-electron chi connectivity index (χ2n) is 8.07. The Labute approximate surface area is 214 Å². The molecule has 2 aromatic heterocycles. The van der Waals surface area contributed by atoms with Gasteiger partial charge in [0.15, 0.2) is 23.4 Å². The molecule has 1 aliphatic heterocycles. The fourth-order valence-electron chi connectivity index (χ4n) is 3.71. The molecule has 0 spiro atoms. The van der Waals surface area contributed by atoms with E-state index in [1.807, 2.05) is 48.5 Å². The summed E-state index contributed by atoms with van der Waals surface area (Å²) in [4.78, 5) is 9.17. The number of fused-ring (bicyclic) bond motifs is 2. The van der Waals surface area contributed by atoms with Crippen molar-refractivity contribution >= 4 is 17.0 Å². The van der Waals surface area contributed by atoms with Gasteiger partial charge in [0.2, 0.25) is 5.95 Å². The molecule has 0 radical (unpaired) electrons. The standard InChI is InChI=1S/C26H29N5O6/c1-32-21-8-6-20(7-9-21)31-25-19(17-28-31)16-27-26(30-25)29-24-18-35-13-12-33-10-11-34-14-15-36-22-4-2-3-5-23(22)37-24/h2-9,16-17,24H,10-15,18H2,1H3,(H,27,29,30). The van der Waals surface area contributed by atoms with E-state index in [0.29, 0.717) is 62.7 Å². The molecular formula is C26H29N5O6. The molecule has 1 atom stereocenters. The molecule has 1 N–H and O–H groups in total. The molecule has 1 unspecified atom stereocenters. The van der Waals surface area contributed by atoms with Crippen molar-refractivity contribution in [2.75, 3.05) is 58.7 Å². The summed E-state index contributed by atoms with van der Waals surface area (Å²) in [6.07, 6.45) is 2.85. The maximum Gasteiger partial charge on any atom is 0.227 e. The minimum atomic E-state index is -0.596. The molecule has 0 saturated heterocycles. The highest BCUT2D eigenvalue weighted by Gasteiger charge is 2.17. The molecule has 11 nitrogen and oxygen atoms in total. The van der Waals surface area contributed by atoms with Gasteiger partial charge in [0.25, 0.3) is 0 Å². The second-order valence-corrected chi connectivity index (χ2v) is 8.07. The molecule has 4 aromatic rings. The van der Waals surface area contributed by atoms with Gasteiger partial charge in [-0.1, -0.05) is 12.1 Å². The summed E-state index contributed by atoms with van der Waals surface area (Å²) in [5.74, 6) is 2.32. The van der Waals surface area contributed by atoms with Crippen molar-refractivity contribution < 1.29 is 28.4 Å². The Morgan fingerprint density at radius 1 is 0.865 bits per heavy atom. The number of hydrogen-bond donors (Lipinski definition) is 1. The number of ether oxygens (including phenoxy) is 6. The molecule has 3 heterocycles. The minimum absolute atomic E-state index is 0.229. The largest absolute Gasteiger partial charge is 0.497 e. The van der Waals surface area contributed by atoms with Gasteiger partial charge in [-0.25, -0.2) is 9.67 Å². The molecule has 1 aliphatic rings. The van der Waals surface area contributed by atoms with Gasteiger partial charge >= 0.3 is 0 Å². The Balaban J connectivity index is 1.38. The normalized spacial score (nSPS) is 17.5. The van der Waals surface area contributed by atoms with Gasteiger partial charge in [0, 0.05) is 6.20 Å². The summed E-state index contributed by atoms with van der Waals surface area (Å²) in [5, 5.41) is 8.53. The number of nitrogens with zero attached hydrogens (tertiary/aromatic N) is 4. The van der Waals surface area contributed by atoms with Crippen LogP contribution in [0.15, 0.2) is 60.9 Å². The van der Waals surface area contributed by atoms with Crippen molar-refractivity contribution in [2.24, 2.45) is 0 Å². The van der Waals surface area contributed by atoms with Crippen LogP contribution in [0.4, 0.5) is 5.95 Å². The first-order chi connectivity index (χ1) is 18.3. The lowest BCUT2D eigenvalue weighted by Crippen LogP contribution is -2.33. The Kier molecular flexibility index (Phi) is 8.26. The van der Waals surface area contributed by atoms with Crippen LogP contribution >= 0.6 is 0 Å². The highest BCUT2D eigenvalue weighted by molar-refractivity contribution is 5.76. The number of benzene rings is 2. The third-order valence-corrected chi connectivity index (χ3v) is 5.53. The van der Waals surface area contributed by atoms with Gasteiger partial charge in [-0.2, -0.15) is 10.1 Å². The summed E-state index contributed by atoms with van der Waals surface area (Å²) in [6.45, 7) is 2.92. The fraction of sp³-hybridized carbons (Fsp3) is 0.346. The highest BCUT2D eigenvalue weighted by Crippen LogP contribution is 2.28. The van der Waals surface area contributed by atoms with Crippen LogP contribution in [0.3, 0.4) is 0 Å². The molecule has 0 saturated carbocycles. The molecule has 0 aliphatic carbocycles. The average Bonchev–Trinajstić information content (AvgIpc) is 3.35. The number of aromatic nitrogens is 4. The minimum Gasteiger partial charge on any atom is -0.497 e. The fourth-order valence-corrected chi connectivity index (χ4v) is 3.71. The monoisotopic (exact) mass is 507 g/mol. The number of rotatable bonds is 4. The summed E-state index contributed by atoms with van der Waals surface area (Å²) in [7, 11) is 1.63. The van der Waals surface area contributed by atoms with Crippen molar-refractivity contribution in [1.29, 1.82) is 0 Å². The Bertz CT molecular complexity index is 1280. The lowest BCUT2D eigenvalue weighted by Gasteiger charge is -2.22. The predicted octanol–water partition coefficient (Wildman–Crippen LogP) is 3.08. The first-order valence-corrected chi connectivity index (χ1v) is 12.0. The number of hydrogen-bond acceptors (Lipinski definition) is 10. The SMILES string of the molecule is COc1ccc(-n2ncc3cnc(NC4COCCOCCOCCOc5ccccc5O4)nc32)cc1. The van der Waals surface area contributed by atoms with Crippen molar-refractivity contribution in [3.8, 4) is 22.9 Å². The first kappa shape index (κ1) is 24.8. The lowest BCUT2D eigenvalue weighted by molar-refractivity contribution is -0.000891. The Hall–Kier alpha value is -3.93. The van der Waals surface area contributed by atoms with Gasteiger partial charge in [0.05, 0.1) is 57.4 Å². The Morgan fingerprint density at radius 3 is 2.38 bits per heavy atom. The maximum absolute atomic E-state index is 6.25. The van der Waals surface area contributed by atoms with E-state index in [0.717, 1.165) is 16.8 Å². The zero-order valence-corrected chi connectivity index (χ0v) is 20.5. The molecule has 37 heavy (non-hydrogen) atoms. The van der Waals surface area contributed by atoms with E-state index in [2.05, 4.69) is 15.4 Å². The zero-order valence-electron chi connectivity index (χ0n) is 20.5. The van der Waals surface area contributed by atoms with Crippen LogP contribution in [0, 0.1) is 0 Å². The molecule has 11 heteroatoms. The number of methoxy groups -OCH3 is 1. The number of anilines is 1. The van der Waals surface area contributed by atoms with E-state index in [9.17, 15) is 0 Å². The van der Waals surface area contributed by atoms with Crippen molar-refractivity contribution in [3.63, 3.8) is 0 Å². The van der Waals surface area contributed by atoms with Crippen LogP contribution in [0.25, 0.3) is 16.7 Å². The van der Waals surface area contributed by atoms with Crippen LogP contribution in [0.1, 0.15) is 0 Å². The van der Waals surface area contributed by atoms with Crippen LogP contribution < -0.4 is 19.5 Å². The predicted molar refractivity (Wildman–Crippen MR) is 136 cm³/mol. The quantitative estimate of drug-likeness (QED) is 0.442. The van der Waals surface area contributed by atoms with E-state index in [1.165, 1.54) is 0 Å². The van der Waals surface area contributed by atoms with Crippen molar-refractivity contribution in [1.82, 2.24) is 19.7 Å². The Morgan fingerprint density at radius 2 is 1.59 bits per heavy atom. The summed E-state index contributed by atoms with van der Waals surface area (Å²) < 4.78 is 36.0. The van der Waals surface area contributed by atoms with Gasteiger partial charge in [-0.05, 0) is 36.4 Å². The van der Waals surface area contributed by atoms with E-state index in [-0.39, 0.29) is 6.61 Å². The van der Waals surface area contributed by atoms with E-state index >= 15 is 0 Å². The zero-order chi connectivity index (χ0) is 25.3. The van der Waals surface area contributed by atoms with Crippen LogP contribution in [0.2, 0.25) is 0 Å². The van der Waals surface area contributed by atoms with Gasteiger partial charge in [-0.15, -0.1) is 0 Å². The van der Waals surface area contributed by atoms with E-state index in [4.69, 9.17) is 33.4 Å². The summed E-state index contributed by atoms with van der Waals surface area (Å²) in [6, 6.07) is 15.1. The summed E-state index contributed by atoms with van der Waals surface area (Å²) >= 11 is 0. The van der Waals surface area contributed by atoms with Crippen LogP contribution in [-0.2, 0) is 14.2 Å². The average molecular weight is 508 g/mol. The molecule has 194 valence electrons. The first-order valence-electron chi connectivity index (χ1n) is 12.0. The lowest BCUT2D eigenvalue weighted by atomic mass is 10.3. The highest BCUT2D eigenvalue weighted by atomic mass is 16.6. The topological polar surface area (TPSA) is 111 Å². The van der Waals surface area contributed by atoms with Crippen molar-refractivity contribution in [3.05, 3.63) is 60.9 Å². The number of para-hydroxylation sites is 2. The summed E-state index contributed by atoms with van der Waals surface area (Å²) in [5.41, 5.74) is 1.50. The molecule has 0 fully saturated rings. The van der Waals surface area contributed by atoms with Crippen molar-refractivity contribution in [2.45, 2.75) is 6.23 Å². The third-order valence-electron chi connectivity index (χ3n) is 5.53. The molecule has 0 amide bonds. The smallest absolute Gasteiger partial charge is 0.227 e. The number of nitrogens with one attached hydrogen (secondary N) is 1. The third kappa shape index (κ3) is 6.45. The second kappa shape index (κ2) is 12.3. The maximum atomic E-state index is 6.25.